The van der Waals surface area contributed by atoms with Gasteiger partial charge in [-0.25, -0.2) is 0 Å². The van der Waals surface area contributed by atoms with Gasteiger partial charge in [0.1, 0.15) is 5.75 Å². The molecule has 0 saturated carbocycles. The summed E-state index contributed by atoms with van der Waals surface area (Å²) in [5.41, 5.74) is 2.11. The molecule has 0 radical (unpaired) electrons. The Morgan fingerprint density at radius 1 is 1.05 bits per heavy atom. The van der Waals surface area contributed by atoms with Crippen molar-refractivity contribution in [2.45, 2.75) is 11.0 Å². The van der Waals surface area contributed by atoms with Gasteiger partial charge in [0.05, 0.1) is 7.11 Å². The number of hydrogen-bond donors (Lipinski definition) is 0. The highest BCUT2D eigenvalue weighted by molar-refractivity contribution is 14.1. The van der Waals surface area contributed by atoms with Crippen molar-refractivity contribution >= 4 is 34.4 Å². The largest absolute Gasteiger partial charge is 0.497 e. The normalized spacial score (nSPS) is 10.6. The van der Waals surface area contributed by atoms with Crippen molar-refractivity contribution in [3.8, 4) is 17.2 Å². The molecule has 0 aliphatic carbocycles. The summed E-state index contributed by atoms with van der Waals surface area (Å²) >= 11 is 3.83. The van der Waals surface area contributed by atoms with Crippen LogP contribution in [-0.2, 0) is 5.75 Å². The topological polar surface area (TPSA) is 48.2 Å². The zero-order chi connectivity index (χ0) is 15.4. The zero-order valence-corrected chi connectivity index (χ0v) is 14.8. The molecule has 0 aliphatic heterocycles. The molecule has 0 spiro atoms. The lowest BCUT2D eigenvalue weighted by molar-refractivity contribution is 0.414. The van der Waals surface area contributed by atoms with E-state index in [2.05, 4.69) is 57.1 Å². The van der Waals surface area contributed by atoms with E-state index in [1.807, 2.05) is 24.3 Å². The van der Waals surface area contributed by atoms with Crippen molar-refractivity contribution in [2.24, 2.45) is 0 Å². The van der Waals surface area contributed by atoms with Crippen LogP contribution in [0.4, 0.5) is 0 Å². The first kappa shape index (κ1) is 15.4. The van der Waals surface area contributed by atoms with Gasteiger partial charge < -0.3 is 9.15 Å². The number of methoxy groups -OCH3 is 1. The smallest absolute Gasteiger partial charge is 0.277 e. The van der Waals surface area contributed by atoms with Crippen molar-refractivity contribution in [3.05, 3.63) is 57.7 Å². The van der Waals surface area contributed by atoms with Gasteiger partial charge in [-0.3, -0.25) is 0 Å². The van der Waals surface area contributed by atoms with Gasteiger partial charge in [-0.1, -0.05) is 23.9 Å². The number of rotatable bonds is 5. The molecule has 0 fully saturated rings. The number of aromatic nitrogens is 2. The second-order valence-electron chi connectivity index (χ2n) is 4.52. The molecule has 112 valence electrons. The van der Waals surface area contributed by atoms with Crippen LogP contribution in [0.2, 0.25) is 0 Å². The Morgan fingerprint density at radius 3 is 2.45 bits per heavy atom. The summed E-state index contributed by atoms with van der Waals surface area (Å²) in [6.07, 6.45) is 0. The molecule has 0 N–H and O–H groups in total. The van der Waals surface area contributed by atoms with Crippen LogP contribution in [0.5, 0.6) is 5.75 Å². The fourth-order valence-corrected chi connectivity index (χ4v) is 2.92. The number of halogens is 1. The monoisotopic (exact) mass is 424 g/mol. The Kier molecular flexibility index (Phi) is 4.99. The molecular weight excluding hydrogens is 411 g/mol. The Morgan fingerprint density at radius 2 is 1.77 bits per heavy atom. The van der Waals surface area contributed by atoms with Gasteiger partial charge in [-0.15, -0.1) is 10.2 Å². The lowest BCUT2D eigenvalue weighted by Crippen LogP contribution is -1.82. The molecule has 22 heavy (non-hydrogen) atoms. The minimum absolute atomic E-state index is 0.521. The SMILES string of the molecule is COc1ccc(-c2nnc(SCc3ccc(I)cc3)o2)cc1. The Labute approximate surface area is 146 Å². The van der Waals surface area contributed by atoms with Crippen LogP contribution in [0.1, 0.15) is 5.56 Å². The number of nitrogens with zero attached hydrogens (tertiary/aromatic N) is 2. The van der Waals surface area contributed by atoms with E-state index >= 15 is 0 Å². The minimum Gasteiger partial charge on any atom is -0.497 e. The van der Waals surface area contributed by atoms with Crippen molar-refractivity contribution in [2.75, 3.05) is 7.11 Å². The maximum atomic E-state index is 5.69. The molecule has 3 aromatic rings. The van der Waals surface area contributed by atoms with Crippen molar-refractivity contribution < 1.29 is 9.15 Å². The molecule has 1 aromatic heterocycles. The first-order valence-corrected chi connectivity index (χ1v) is 8.66. The molecule has 3 rings (SSSR count). The van der Waals surface area contributed by atoms with E-state index < -0.39 is 0 Å². The van der Waals surface area contributed by atoms with E-state index in [-0.39, 0.29) is 0 Å². The van der Waals surface area contributed by atoms with Crippen molar-refractivity contribution in [3.63, 3.8) is 0 Å². The first-order valence-electron chi connectivity index (χ1n) is 6.60. The van der Waals surface area contributed by atoms with Crippen LogP contribution in [0.25, 0.3) is 11.5 Å². The standard InChI is InChI=1S/C16H13IN2O2S/c1-20-14-8-4-12(5-9-14)15-18-19-16(21-15)22-10-11-2-6-13(17)7-3-11/h2-9H,10H2,1H3. The molecule has 2 aromatic carbocycles. The summed E-state index contributed by atoms with van der Waals surface area (Å²) in [6.45, 7) is 0. The van der Waals surface area contributed by atoms with E-state index in [0.717, 1.165) is 17.1 Å². The second-order valence-corrected chi connectivity index (χ2v) is 6.69. The molecular formula is C16H13IN2O2S. The van der Waals surface area contributed by atoms with Crippen molar-refractivity contribution in [1.82, 2.24) is 10.2 Å². The predicted octanol–water partition coefficient (Wildman–Crippen LogP) is 4.64. The molecule has 0 bridgehead atoms. The van der Waals surface area contributed by atoms with Crippen LogP contribution in [0, 0.1) is 3.57 Å². The third-order valence-corrected chi connectivity index (χ3v) is 4.63. The van der Waals surface area contributed by atoms with E-state index in [0.29, 0.717) is 11.1 Å². The average Bonchev–Trinajstić information content (AvgIpc) is 3.03. The van der Waals surface area contributed by atoms with Crippen LogP contribution in [-0.4, -0.2) is 17.3 Å². The molecule has 0 amide bonds. The van der Waals surface area contributed by atoms with Crippen LogP contribution < -0.4 is 4.74 Å². The van der Waals surface area contributed by atoms with E-state index in [1.54, 1.807) is 7.11 Å². The van der Waals surface area contributed by atoms with E-state index in [1.165, 1.54) is 20.9 Å². The van der Waals surface area contributed by atoms with Gasteiger partial charge in [0.15, 0.2) is 0 Å². The molecule has 4 nitrogen and oxygen atoms in total. The quantitative estimate of drug-likeness (QED) is 0.441. The summed E-state index contributed by atoms with van der Waals surface area (Å²) in [4.78, 5) is 0. The number of thioether (sulfide) groups is 1. The summed E-state index contributed by atoms with van der Waals surface area (Å²) in [5.74, 6) is 2.13. The maximum Gasteiger partial charge on any atom is 0.277 e. The highest BCUT2D eigenvalue weighted by Crippen LogP contribution is 2.26. The van der Waals surface area contributed by atoms with Crippen LogP contribution in [0.3, 0.4) is 0 Å². The Balaban J connectivity index is 1.66. The zero-order valence-electron chi connectivity index (χ0n) is 11.8. The highest BCUT2D eigenvalue weighted by Gasteiger charge is 2.09. The third kappa shape index (κ3) is 3.80. The minimum atomic E-state index is 0.521. The number of ether oxygens (including phenoxy) is 1. The van der Waals surface area contributed by atoms with Crippen LogP contribution >= 0.6 is 34.4 Å². The highest BCUT2D eigenvalue weighted by atomic mass is 127. The van der Waals surface area contributed by atoms with Crippen LogP contribution in [0.15, 0.2) is 58.2 Å². The number of hydrogen-bond acceptors (Lipinski definition) is 5. The third-order valence-electron chi connectivity index (χ3n) is 3.02. The summed E-state index contributed by atoms with van der Waals surface area (Å²) in [5, 5.41) is 8.74. The molecule has 1 heterocycles. The Bertz CT molecular complexity index is 742. The van der Waals surface area contributed by atoms with Crippen molar-refractivity contribution in [1.29, 1.82) is 0 Å². The summed E-state index contributed by atoms with van der Waals surface area (Å²) in [6, 6.07) is 15.9. The van der Waals surface area contributed by atoms with Gasteiger partial charge in [0.2, 0.25) is 5.89 Å². The molecule has 0 atom stereocenters. The van der Waals surface area contributed by atoms with E-state index in [9.17, 15) is 0 Å². The predicted molar refractivity (Wildman–Crippen MR) is 95.0 cm³/mol. The molecule has 6 heteroatoms. The average molecular weight is 424 g/mol. The lowest BCUT2D eigenvalue weighted by atomic mass is 10.2. The second kappa shape index (κ2) is 7.15. The van der Waals surface area contributed by atoms with E-state index in [4.69, 9.17) is 9.15 Å². The van der Waals surface area contributed by atoms with Gasteiger partial charge >= 0.3 is 0 Å². The first-order chi connectivity index (χ1) is 10.7. The van der Waals surface area contributed by atoms with Gasteiger partial charge in [-0.05, 0) is 64.6 Å². The van der Waals surface area contributed by atoms with Gasteiger partial charge in [0.25, 0.3) is 5.22 Å². The fourth-order valence-electron chi connectivity index (χ4n) is 1.84. The Hall–Kier alpha value is -1.54. The summed E-state index contributed by atoms with van der Waals surface area (Å²) in [7, 11) is 1.64. The molecule has 0 saturated heterocycles. The fraction of sp³-hybridized carbons (Fsp3) is 0.125. The summed E-state index contributed by atoms with van der Waals surface area (Å²) < 4.78 is 12.0. The molecule has 0 aliphatic rings. The van der Waals surface area contributed by atoms with Gasteiger partial charge in [0, 0.05) is 14.9 Å². The van der Waals surface area contributed by atoms with Gasteiger partial charge in [-0.2, -0.15) is 0 Å². The maximum absolute atomic E-state index is 5.69. The lowest BCUT2D eigenvalue weighted by Gasteiger charge is -1.99. The number of benzene rings is 2. The molecule has 0 unspecified atom stereocenters.